The van der Waals surface area contributed by atoms with Gasteiger partial charge in [0.15, 0.2) is 6.10 Å². The van der Waals surface area contributed by atoms with Crippen LogP contribution >= 0.6 is 7.82 Å². The van der Waals surface area contributed by atoms with Gasteiger partial charge in [0.25, 0.3) is 0 Å². The van der Waals surface area contributed by atoms with Crippen LogP contribution in [0.3, 0.4) is 0 Å². The van der Waals surface area contributed by atoms with Crippen LogP contribution in [0.25, 0.3) is 0 Å². The third kappa shape index (κ3) is 40.7. The van der Waals surface area contributed by atoms with E-state index < -0.39 is 19.9 Å². The Morgan fingerprint density at radius 2 is 1.18 bits per heavy atom. The SMILES string of the molecule is CCCCCCCCCCCCC/C=C\C/C=C\OCC(COP(=O)(O)OCCN)OC(=O)CC/C=C\C/C=C\C/C=C\C/C=C\C/C=C\C=C\C(O)CC. The van der Waals surface area contributed by atoms with Gasteiger partial charge in [-0.1, -0.05) is 163 Å². The predicted molar refractivity (Wildman–Crippen MR) is 229 cm³/mol. The first-order chi connectivity index (χ1) is 26.8. The molecule has 4 N–H and O–H groups in total. The van der Waals surface area contributed by atoms with Gasteiger partial charge >= 0.3 is 13.8 Å². The maximum atomic E-state index is 12.5. The summed E-state index contributed by atoms with van der Waals surface area (Å²) in [6.07, 6.45) is 52.0. The summed E-state index contributed by atoms with van der Waals surface area (Å²) in [5.41, 5.74) is 5.35. The standard InChI is InChI=1S/C45H76NO8P/c1-3-5-6-7-8-9-10-11-12-17-20-23-26-29-32-35-39-51-41-44(42-53-55(49,50)52-40-38-46)54-45(48)37-34-31-28-25-22-19-16-14-13-15-18-21-24-27-30-33-36-43(47)4-2/h13-14,18-19,21-22,26-31,33,35-36,39,43-44,47H,3-12,15-17,20,23-25,32,34,37-38,40-42,46H2,1-2H3,(H,49,50)/b14-13-,21-18-,22-19-,29-26-,30-27-,31-28-,36-33+,39-35-. The molecule has 0 amide bonds. The van der Waals surface area contributed by atoms with Crippen molar-refractivity contribution in [2.24, 2.45) is 5.73 Å². The Morgan fingerprint density at radius 1 is 0.655 bits per heavy atom. The molecule has 0 aliphatic heterocycles. The molecule has 0 aliphatic carbocycles. The van der Waals surface area contributed by atoms with Gasteiger partial charge in [0.05, 0.1) is 25.6 Å². The molecule has 3 unspecified atom stereocenters. The first-order valence-electron chi connectivity index (χ1n) is 20.9. The molecule has 0 fully saturated rings. The third-order valence-electron chi connectivity index (χ3n) is 8.25. The largest absolute Gasteiger partial charge is 0.498 e. The molecule has 0 saturated carbocycles. The first kappa shape index (κ1) is 52.2. The molecule has 0 heterocycles. The highest BCUT2D eigenvalue weighted by atomic mass is 31.2. The van der Waals surface area contributed by atoms with E-state index >= 15 is 0 Å². The van der Waals surface area contributed by atoms with Crippen LogP contribution in [0.15, 0.2) is 97.4 Å². The lowest BCUT2D eigenvalue weighted by atomic mass is 10.1. The summed E-state index contributed by atoms with van der Waals surface area (Å²) in [5, 5.41) is 9.46. The topological polar surface area (TPSA) is 138 Å². The summed E-state index contributed by atoms with van der Waals surface area (Å²) in [6, 6.07) is 0. The lowest BCUT2D eigenvalue weighted by molar-refractivity contribution is -0.153. The lowest BCUT2D eigenvalue weighted by Gasteiger charge is -2.19. The normalized spacial score (nSPS) is 15.0. The molecule has 0 spiro atoms. The van der Waals surface area contributed by atoms with Crippen molar-refractivity contribution in [2.75, 3.05) is 26.4 Å². The van der Waals surface area contributed by atoms with E-state index in [1.807, 2.05) is 37.3 Å². The molecule has 0 radical (unpaired) electrons. The minimum atomic E-state index is -4.33. The number of aliphatic hydroxyl groups is 1. The number of unbranched alkanes of at least 4 members (excludes halogenated alkanes) is 11. The van der Waals surface area contributed by atoms with Gasteiger partial charge in [-0.25, -0.2) is 4.57 Å². The van der Waals surface area contributed by atoms with E-state index in [1.54, 1.807) is 12.3 Å². The summed E-state index contributed by atoms with van der Waals surface area (Å²) in [6.45, 7) is 3.75. The Kier molecular flexibility index (Phi) is 38.8. The van der Waals surface area contributed by atoms with Crippen molar-refractivity contribution < 1.29 is 37.9 Å². The van der Waals surface area contributed by atoms with Gasteiger partial charge < -0.3 is 25.2 Å². The second kappa shape index (κ2) is 40.9. The molecule has 9 nitrogen and oxygen atoms in total. The van der Waals surface area contributed by atoms with Crippen molar-refractivity contribution in [1.82, 2.24) is 0 Å². The number of allylic oxidation sites excluding steroid dienone is 14. The summed E-state index contributed by atoms with van der Waals surface area (Å²) >= 11 is 0. The van der Waals surface area contributed by atoms with E-state index in [0.29, 0.717) is 6.42 Å². The molecule has 0 aromatic rings. The number of hydrogen-bond donors (Lipinski definition) is 3. The van der Waals surface area contributed by atoms with Gasteiger partial charge in [0.1, 0.15) is 6.61 Å². The van der Waals surface area contributed by atoms with Crippen LogP contribution in [0.1, 0.15) is 142 Å². The molecule has 55 heavy (non-hydrogen) atoms. The van der Waals surface area contributed by atoms with E-state index in [2.05, 4.69) is 61.6 Å². The molecule has 0 aromatic carbocycles. The monoisotopic (exact) mass is 790 g/mol. The zero-order valence-electron chi connectivity index (χ0n) is 34.2. The van der Waals surface area contributed by atoms with E-state index in [4.69, 9.17) is 24.3 Å². The van der Waals surface area contributed by atoms with Crippen LogP contribution in [-0.2, 0) is 27.9 Å². The van der Waals surface area contributed by atoms with Crippen LogP contribution in [0.5, 0.6) is 0 Å². The molecule has 0 rings (SSSR count). The second-order valence-corrected chi connectivity index (χ2v) is 14.8. The Balaban J connectivity index is 4.32. The Hall–Kier alpha value is -2.78. The maximum absolute atomic E-state index is 12.5. The number of carbonyl (C=O) groups is 1. The number of aliphatic hydroxyl groups excluding tert-OH is 1. The van der Waals surface area contributed by atoms with Crippen molar-refractivity contribution in [3.8, 4) is 0 Å². The van der Waals surface area contributed by atoms with Crippen LogP contribution in [-0.4, -0.2) is 54.5 Å². The number of carbonyl (C=O) groups excluding carboxylic acids is 1. The molecule has 0 saturated heterocycles. The van der Waals surface area contributed by atoms with Crippen LogP contribution in [0.4, 0.5) is 0 Å². The Labute approximate surface area is 334 Å². The number of nitrogens with two attached hydrogens (primary N) is 1. The van der Waals surface area contributed by atoms with Gasteiger partial charge in [0.2, 0.25) is 0 Å². The van der Waals surface area contributed by atoms with E-state index in [1.165, 1.54) is 70.6 Å². The predicted octanol–water partition coefficient (Wildman–Crippen LogP) is 11.6. The number of esters is 1. The van der Waals surface area contributed by atoms with Crippen LogP contribution in [0, 0.1) is 0 Å². The molecular weight excluding hydrogens is 713 g/mol. The zero-order valence-corrected chi connectivity index (χ0v) is 35.1. The average molecular weight is 790 g/mol. The molecule has 10 heteroatoms. The molecule has 314 valence electrons. The summed E-state index contributed by atoms with van der Waals surface area (Å²) in [7, 11) is -4.33. The highest BCUT2D eigenvalue weighted by molar-refractivity contribution is 7.47. The minimum absolute atomic E-state index is 0.0340. The fraction of sp³-hybridized carbons (Fsp3) is 0.622. The van der Waals surface area contributed by atoms with E-state index in [0.717, 1.165) is 44.9 Å². The highest BCUT2D eigenvalue weighted by Gasteiger charge is 2.25. The highest BCUT2D eigenvalue weighted by Crippen LogP contribution is 2.43. The van der Waals surface area contributed by atoms with Crippen molar-refractivity contribution >= 4 is 13.8 Å². The number of rotatable bonds is 38. The van der Waals surface area contributed by atoms with Crippen molar-refractivity contribution in [1.29, 1.82) is 0 Å². The molecular formula is C45H76NO8P. The smallest absolute Gasteiger partial charge is 0.472 e. The van der Waals surface area contributed by atoms with E-state index in [9.17, 15) is 19.4 Å². The van der Waals surface area contributed by atoms with Crippen LogP contribution in [0.2, 0.25) is 0 Å². The van der Waals surface area contributed by atoms with Gasteiger partial charge in [0, 0.05) is 13.0 Å². The number of hydrogen-bond acceptors (Lipinski definition) is 8. The summed E-state index contributed by atoms with van der Waals surface area (Å²) in [5.74, 6) is -0.457. The summed E-state index contributed by atoms with van der Waals surface area (Å²) < 4.78 is 33.0. The zero-order chi connectivity index (χ0) is 40.3. The lowest BCUT2D eigenvalue weighted by Crippen LogP contribution is -2.27. The van der Waals surface area contributed by atoms with Crippen LogP contribution < -0.4 is 5.73 Å². The van der Waals surface area contributed by atoms with Crippen molar-refractivity contribution in [3.05, 3.63) is 97.4 Å². The first-order valence-corrected chi connectivity index (χ1v) is 22.4. The van der Waals surface area contributed by atoms with Gasteiger partial charge in [-0.2, -0.15) is 0 Å². The fourth-order valence-corrected chi connectivity index (χ4v) is 5.81. The molecule has 0 aliphatic rings. The Morgan fingerprint density at radius 3 is 1.76 bits per heavy atom. The number of phosphoric acid groups is 1. The summed E-state index contributed by atoms with van der Waals surface area (Å²) in [4.78, 5) is 22.4. The fourth-order valence-electron chi connectivity index (χ4n) is 5.04. The molecule has 0 bridgehead atoms. The van der Waals surface area contributed by atoms with Gasteiger partial charge in [-0.3, -0.25) is 13.8 Å². The van der Waals surface area contributed by atoms with Gasteiger partial charge in [-0.15, -0.1) is 0 Å². The third-order valence-corrected chi connectivity index (χ3v) is 9.24. The Bertz CT molecular complexity index is 1170. The van der Waals surface area contributed by atoms with E-state index in [-0.39, 0.29) is 38.9 Å². The average Bonchev–Trinajstić information content (AvgIpc) is 3.18. The van der Waals surface area contributed by atoms with Crippen molar-refractivity contribution in [3.63, 3.8) is 0 Å². The number of ether oxygens (including phenoxy) is 2. The van der Waals surface area contributed by atoms with Crippen molar-refractivity contribution in [2.45, 2.75) is 154 Å². The second-order valence-electron chi connectivity index (χ2n) is 13.4. The maximum Gasteiger partial charge on any atom is 0.472 e. The minimum Gasteiger partial charge on any atom is -0.498 e. The number of phosphoric ester groups is 1. The molecule has 0 aromatic heterocycles. The quantitative estimate of drug-likeness (QED) is 0.0139. The molecule has 3 atom stereocenters. The van der Waals surface area contributed by atoms with Gasteiger partial charge in [-0.05, 0) is 63.9 Å².